The van der Waals surface area contributed by atoms with Gasteiger partial charge in [0.05, 0.1) is 202 Å². The minimum atomic E-state index is -2.89. The van der Waals surface area contributed by atoms with Crippen molar-refractivity contribution in [1.29, 1.82) is 19.1 Å². The van der Waals surface area contributed by atoms with Gasteiger partial charge in [0.15, 0.2) is 0 Å². The number of imidazole rings is 4. The van der Waals surface area contributed by atoms with Gasteiger partial charge in [-0.05, 0) is 128 Å². The number of anilines is 8. The highest BCUT2D eigenvalue weighted by atomic mass is 32.2. The number of nitrogens with one attached hydrogen (secondary N) is 8. The minimum Gasteiger partial charge on any atom is -0.377 e. The van der Waals surface area contributed by atoms with E-state index in [2.05, 4.69) is 88.5 Å². The summed E-state index contributed by atoms with van der Waals surface area (Å²) in [7, 11) is -4.62. The first-order valence-corrected chi connectivity index (χ1v) is 50.1. The van der Waals surface area contributed by atoms with Gasteiger partial charge >= 0.3 is 0 Å². The van der Waals surface area contributed by atoms with Gasteiger partial charge in [-0.25, -0.2) is 92.5 Å². The molecule has 44 heteroatoms. The van der Waals surface area contributed by atoms with Crippen LogP contribution in [-0.2, 0) is 76.9 Å². The predicted molar refractivity (Wildman–Crippen MR) is 486 cm³/mol. The van der Waals surface area contributed by atoms with Crippen molar-refractivity contribution < 1.29 is 53.3 Å². The van der Waals surface area contributed by atoms with Crippen LogP contribution in [0.5, 0.6) is 0 Å². The Morgan fingerprint density at radius 1 is 0.320 bits per heavy atom. The van der Waals surface area contributed by atoms with Gasteiger partial charge < -0.3 is 59.8 Å². The Balaban J connectivity index is 0.000000120. The van der Waals surface area contributed by atoms with E-state index in [0.717, 1.165) is 0 Å². The number of hydrogen-bond donors (Lipinski definition) is 8. The summed E-state index contributed by atoms with van der Waals surface area (Å²) in [6.07, 6.45) is 11.0. The fourth-order valence-corrected chi connectivity index (χ4v) is 22.9. The number of aromatic nitrogens is 16. The first-order valence-electron chi connectivity index (χ1n) is 42.3. The average molecular weight is 1840 g/mol. The highest BCUT2D eigenvalue weighted by Crippen LogP contribution is 2.56. The minimum absolute atomic E-state index is 0.0947. The van der Waals surface area contributed by atoms with Gasteiger partial charge in [-0.15, -0.1) is 0 Å². The molecule has 0 amide bonds. The molecule has 4 aliphatic heterocycles. The van der Waals surface area contributed by atoms with Crippen molar-refractivity contribution in [2.24, 2.45) is 0 Å². The summed E-state index contributed by atoms with van der Waals surface area (Å²) in [5.74, 6) is 4.42. The van der Waals surface area contributed by atoms with Gasteiger partial charge in [0, 0.05) is 128 Å². The fourth-order valence-electron chi connectivity index (χ4n) is 17.4. The van der Waals surface area contributed by atoms with Crippen molar-refractivity contribution >= 4 is 130 Å². The van der Waals surface area contributed by atoms with Crippen LogP contribution in [0.15, 0.2) is 97.1 Å². The van der Waals surface area contributed by atoms with E-state index in [4.69, 9.17) is 77.9 Å². The Morgan fingerprint density at radius 3 is 0.773 bits per heavy atom. The van der Waals surface area contributed by atoms with Gasteiger partial charge in [0.25, 0.3) is 0 Å². The summed E-state index contributed by atoms with van der Waals surface area (Å²) in [6, 6.07) is 25.4. The van der Waals surface area contributed by atoms with Gasteiger partial charge in [-0.2, -0.15) is 19.9 Å². The monoisotopic (exact) mass is 1840 g/mol. The van der Waals surface area contributed by atoms with Crippen LogP contribution in [0.2, 0.25) is 0 Å². The van der Waals surface area contributed by atoms with Crippen molar-refractivity contribution in [3.8, 4) is 23.8 Å². The number of halogens is 4. The molecule has 4 aliphatic carbocycles. The van der Waals surface area contributed by atoms with Crippen LogP contribution in [0, 0.1) is 42.4 Å². The molecule has 8 N–H and O–H groups in total. The van der Waals surface area contributed by atoms with Gasteiger partial charge in [0.1, 0.15) is 46.5 Å². The maximum Gasteiger partial charge on any atom is 0.239 e. The maximum atomic E-state index is 14.1. The second-order valence-corrected chi connectivity index (χ2v) is 44.0. The molecule has 8 atom stereocenters. The van der Waals surface area contributed by atoms with Crippen molar-refractivity contribution in [2.75, 3.05) is 173 Å². The topological polar surface area (TPSA) is 436 Å². The van der Waals surface area contributed by atoms with Gasteiger partial charge in [-0.3, -0.25) is 19.1 Å². The van der Waals surface area contributed by atoms with Crippen LogP contribution in [0.1, 0.15) is 102 Å². The fraction of sp³-hybridized carbons (Fsp3) is 0.476. The Morgan fingerprint density at radius 2 is 0.547 bits per heavy atom. The maximum absolute atomic E-state index is 14.1. The van der Waals surface area contributed by atoms with Crippen molar-refractivity contribution in [2.45, 2.75) is 122 Å². The molecule has 128 heavy (non-hydrogen) atoms. The molecule has 8 aromatic heterocycles. The lowest BCUT2D eigenvalue weighted by molar-refractivity contribution is 0.0984. The highest BCUT2D eigenvalue weighted by Gasteiger charge is 2.57. The van der Waals surface area contributed by atoms with E-state index in [1.807, 2.05) is 24.3 Å². The zero-order valence-electron chi connectivity index (χ0n) is 73.0. The normalized spacial score (nSPS) is 22.0. The third-order valence-corrected chi connectivity index (χ3v) is 33.7. The van der Waals surface area contributed by atoms with Crippen LogP contribution in [0.25, 0.3) is 67.9 Å². The molecule has 0 spiro atoms. The summed E-state index contributed by atoms with van der Waals surface area (Å²) in [5, 5.41) is 12.1. The predicted octanol–water partition coefficient (Wildman–Crippen LogP) is 11.5. The third-order valence-electron chi connectivity index (χ3n) is 25.3. The molecule has 8 aliphatic rings. The zero-order valence-corrected chi connectivity index (χ0v) is 76.3. The Kier molecular flexibility index (Phi) is 23.4. The van der Waals surface area contributed by atoms with Crippen LogP contribution >= 0.6 is 0 Å². The first-order chi connectivity index (χ1) is 60.9. The van der Waals surface area contributed by atoms with E-state index in [0.29, 0.717) is 268 Å². The number of rotatable bonds is 20. The summed E-state index contributed by atoms with van der Waals surface area (Å²) < 4.78 is 167. The number of hydrogen-bond acceptors (Lipinski definition) is 32. The van der Waals surface area contributed by atoms with E-state index in [9.17, 15) is 34.4 Å². The Hall–Kier alpha value is -11.2. The van der Waals surface area contributed by atoms with Crippen molar-refractivity contribution in [3.05, 3.63) is 143 Å². The van der Waals surface area contributed by atoms with Crippen molar-refractivity contribution in [1.82, 2.24) is 78.1 Å². The van der Waals surface area contributed by atoms with Crippen LogP contribution in [-0.4, -0.2) is 251 Å². The molecule has 0 radical (unpaired) electrons. The van der Waals surface area contributed by atoms with E-state index in [-0.39, 0.29) is 47.4 Å². The number of benzene rings is 4. The Labute approximate surface area is 738 Å². The summed E-state index contributed by atoms with van der Waals surface area (Å²) >= 11 is 0. The smallest absolute Gasteiger partial charge is 0.239 e. The number of morpholine rings is 4. The molecule has 8 fully saturated rings. The van der Waals surface area contributed by atoms with Crippen LogP contribution in [0.3, 0.4) is 0 Å². The summed E-state index contributed by atoms with van der Waals surface area (Å²) in [6.45, 7) is 15.5. The second kappa shape index (κ2) is 33.7. The molecule has 12 heterocycles. The average Bonchev–Trinajstić information content (AvgIpc) is 1.57. The van der Waals surface area contributed by atoms with Crippen molar-refractivity contribution in [3.63, 3.8) is 0 Å². The largest absolute Gasteiger partial charge is 0.377 e. The SMILES string of the molecule is CNc1nc2cc(F)ccc2n1-c1nc(N2CCOC[C@H]2C)cc(C2([S@@](C)(=N)=O)CC2)n1.CNc1nc2cc(F)ccc2n1-c1nc(N2CCOC[C@H]2C)cc(C2([S@](C)(=N)=O)CC2)n1.CNc1nc2ccc(F)cc2n1-c1nc(N2CCOC[C@H]2C)cc(C2([S@@](C)(=N)=O)CC2)n1.CNc1nc2ccc(F)cc2n1-c1nc(N2CCOC[C@H]2C)cc(C2([S@](C)(=N)=O)CC2)n1. The lowest BCUT2D eigenvalue weighted by Gasteiger charge is -2.34. The summed E-state index contributed by atoms with van der Waals surface area (Å²) in [5.41, 5.74) is 6.90. The van der Waals surface area contributed by atoms with Crippen LogP contribution < -0.4 is 40.9 Å². The molecule has 4 aromatic carbocycles. The molecular weight excluding hydrogens is 1730 g/mol. The third kappa shape index (κ3) is 16.4. The molecular formula is C84H104F4N28O8S4. The lowest BCUT2D eigenvalue weighted by atomic mass is 10.2. The molecule has 0 unspecified atom stereocenters. The second-order valence-electron chi connectivity index (χ2n) is 34.1. The highest BCUT2D eigenvalue weighted by molar-refractivity contribution is 7.93. The molecule has 36 nitrogen and oxygen atoms in total. The first kappa shape index (κ1) is 88.8. The number of ether oxygens (including phenoxy) is 4. The molecule has 4 saturated carbocycles. The van der Waals surface area contributed by atoms with E-state index >= 15 is 0 Å². The number of fused-ring (bicyclic) bond motifs is 4. The van der Waals surface area contributed by atoms with E-state index in [1.54, 1.807) is 70.7 Å². The molecule has 0 bridgehead atoms. The standard InChI is InChI=1S/4C21H26FN7O2S/c2*1-13-12-31-9-8-28(13)18-11-17(21(6-7-21)32(3,23)30)26-20(27-18)29-16-5-4-14(22)10-15(16)25-19(29)24-2;2*1-13-12-31-9-8-28(13)18-11-17(21(6-7-21)32(3,23)30)26-20(27-18)29-16-10-14(22)4-5-15(16)25-19(29)24-2/h4*4-5,10-11,13,23H,6-9,12H2,1-3H3,(H,24,25)/t13-,32+;13-,32-;13-,32+;13-,32-/m1111/s1. The van der Waals surface area contributed by atoms with Crippen LogP contribution in [0.4, 0.5) is 64.6 Å². The molecule has 680 valence electrons. The van der Waals surface area contributed by atoms with Gasteiger partial charge in [0.2, 0.25) is 47.6 Å². The molecule has 4 saturated heterocycles. The van der Waals surface area contributed by atoms with E-state index < -0.39 is 57.9 Å². The lowest BCUT2D eigenvalue weighted by Crippen LogP contribution is -2.44. The van der Waals surface area contributed by atoms with E-state index in [1.165, 1.54) is 73.6 Å². The number of nitrogens with zero attached hydrogens (tertiary/aromatic N) is 20. The zero-order chi connectivity index (χ0) is 90.7. The van der Waals surface area contributed by atoms with Gasteiger partial charge in [-0.1, -0.05) is 0 Å². The molecule has 20 rings (SSSR count). The Bertz CT molecular complexity index is 6420. The summed E-state index contributed by atoms with van der Waals surface area (Å²) in [4.78, 5) is 65.1. The quantitative estimate of drug-likeness (QED) is 0.0329. The molecule has 12 aromatic rings.